The van der Waals surface area contributed by atoms with Crippen molar-refractivity contribution in [3.05, 3.63) is 29.8 Å². The molecule has 0 aliphatic carbocycles. The Hall–Kier alpha value is -1.02. The third-order valence-corrected chi connectivity index (χ3v) is 3.18. The van der Waals surface area contributed by atoms with Crippen LogP contribution in [0.4, 0.5) is 0 Å². The summed E-state index contributed by atoms with van der Waals surface area (Å²) in [5.41, 5.74) is 1.22. The molecule has 2 N–H and O–H groups in total. The fourth-order valence-corrected chi connectivity index (χ4v) is 1.99. The summed E-state index contributed by atoms with van der Waals surface area (Å²) in [4.78, 5) is 0. The van der Waals surface area contributed by atoms with Crippen LogP contribution in [0.3, 0.4) is 0 Å². The van der Waals surface area contributed by atoms with Gasteiger partial charge < -0.3 is 10.4 Å². The summed E-state index contributed by atoms with van der Waals surface area (Å²) in [7, 11) is 0. The van der Waals surface area contributed by atoms with Crippen LogP contribution in [-0.2, 0) is 6.42 Å². The molecular weight excluding hydrogens is 210 g/mol. The van der Waals surface area contributed by atoms with Gasteiger partial charge in [-0.3, -0.25) is 0 Å². The lowest BCUT2D eigenvalue weighted by molar-refractivity contribution is 0.360. The van der Waals surface area contributed by atoms with E-state index in [4.69, 9.17) is 0 Å². The molecule has 0 radical (unpaired) electrons. The smallest absolute Gasteiger partial charge is 0.115 e. The predicted octanol–water partition coefficient (Wildman–Crippen LogP) is 3.21. The highest BCUT2D eigenvalue weighted by atomic mass is 16.3. The molecule has 0 bridgehead atoms. The zero-order valence-corrected chi connectivity index (χ0v) is 11.2. The zero-order valence-electron chi connectivity index (χ0n) is 11.2. The van der Waals surface area contributed by atoms with Gasteiger partial charge in [0, 0.05) is 0 Å². The second kappa shape index (κ2) is 7.33. The normalized spacial score (nSPS) is 12.9. The molecule has 1 unspecified atom stereocenters. The summed E-state index contributed by atoms with van der Waals surface area (Å²) < 4.78 is 0. The van der Waals surface area contributed by atoms with Gasteiger partial charge in [0.05, 0.1) is 0 Å². The number of aromatic hydroxyl groups is 1. The van der Waals surface area contributed by atoms with Crippen molar-refractivity contribution < 1.29 is 5.11 Å². The molecule has 96 valence electrons. The number of phenolic OH excluding ortho intramolecular Hbond substituents is 1. The van der Waals surface area contributed by atoms with Gasteiger partial charge >= 0.3 is 0 Å². The molecule has 2 heteroatoms. The van der Waals surface area contributed by atoms with Crippen molar-refractivity contribution in [3.8, 4) is 5.75 Å². The van der Waals surface area contributed by atoms with Crippen molar-refractivity contribution in [1.82, 2.24) is 5.32 Å². The zero-order chi connectivity index (χ0) is 12.7. The van der Waals surface area contributed by atoms with Crippen LogP contribution in [0.25, 0.3) is 0 Å². The van der Waals surface area contributed by atoms with E-state index in [0.717, 1.165) is 19.5 Å². The van der Waals surface area contributed by atoms with Gasteiger partial charge in [-0.1, -0.05) is 32.9 Å². The number of hydrogen-bond acceptors (Lipinski definition) is 2. The van der Waals surface area contributed by atoms with Crippen molar-refractivity contribution in [2.75, 3.05) is 13.1 Å². The number of benzene rings is 1. The van der Waals surface area contributed by atoms with Crippen LogP contribution < -0.4 is 5.32 Å². The van der Waals surface area contributed by atoms with Crippen LogP contribution in [0.1, 0.15) is 32.8 Å². The third kappa shape index (κ3) is 5.22. The minimum absolute atomic E-state index is 0.367. The fourth-order valence-electron chi connectivity index (χ4n) is 1.99. The minimum Gasteiger partial charge on any atom is -0.508 e. The first-order valence-electron chi connectivity index (χ1n) is 6.62. The summed E-state index contributed by atoms with van der Waals surface area (Å²) >= 11 is 0. The Kier molecular flexibility index (Phi) is 6.06. The van der Waals surface area contributed by atoms with Gasteiger partial charge in [-0.05, 0) is 55.5 Å². The van der Waals surface area contributed by atoms with Crippen LogP contribution in [0.5, 0.6) is 5.75 Å². The summed E-state index contributed by atoms with van der Waals surface area (Å²) in [6.07, 6.45) is 2.21. The van der Waals surface area contributed by atoms with Crippen LogP contribution in [0.2, 0.25) is 0 Å². The number of nitrogens with one attached hydrogen (secondary N) is 1. The molecule has 0 aromatic heterocycles. The van der Waals surface area contributed by atoms with E-state index in [1.165, 1.54) is 12.0 Å². The SMILES string of the molecule is CCCNCC(Cc1cccc(O)c1)C(C)C. The molecule has 0 aliphatic heterocycles. The maximum Gasteiger partial charge on any atom is 0.115 e. The van der Waals surface area contributed by atoms with E-state index in [1.54, 1.807) is 6.07 Å². The summed E-state index contributed by atoms with van der Waals surface area (Å²) in [6, 6.07) is 7.61. The van der Waals surface area contributed by atoms with Gasteiger partial charge in [-0.25, -0.2) is 0 Å². The molecule has 0 amide bonds. The van der Waals surface area contributed by atoms with Gasteiger partial charge in [0.25, 0.3) is 0 Å². The quantitative estimate of drug-likeness (QED) is 0.711. The number of rotatable bonds is 7. The van der Waals surface area contributed by atoms with E-state index in [1.807, 2.05) is 12.1 Å². The van der Waals surface area contributed by atoms with Gasteiger partial charge in [0.1, 0.15) is 5.75 Å². The average Bonchev–Trinajstić information content (AvgIpc) is 2.28. The Labute approximate surface area is 105 Å². The molecule has 0 saturated carbocycles. The van der Waals surface area contributed by atoms with Crippen LogP contribution in [0, 0.1) is 11.8 Å². The minimum atomic E-state index is 0.367. The molecule has 0 saturated heterocycles. The van der Waals surface area contributed by atoms with E-state index < -0.39 is 0 Å². The first kappa shape index (κ1) is 14.0. The van der Waals surface area contributed by atoms with Crippen molar-refractivity contribution in [1.29, 1.82) is 0 Å². The van der Waals surface area contributed by atoms with Crippen LogP contribution in [-0.4, -0.2) is 18.2 Å². The monoisotopic (exact) mass is 235 g/mol. The average molecular weight is 235 g/mol. The molecule has 1 aromatic carbocycles. The molecule has 1 atom stereocenters. The first-order valence-corrected chi connectivity index (χ1v) is 6.62. The summed E-state index contributed by atoms with van der Waals surface area (Å²) in [5, 5.41) is 13.0. The second-order valence-electron chi connectivity index (χ2n) is 5.08. The van der Waals surface area contributed by atoms with E-state index in [2.05, 4.69) is 32.2 Å². The van der Waals surface area contributed by atoms with Gasteiger partial charge in [0.15, 0.2) is 0 Å². The van der Waals surface area contributed by atoms with Gasteiger partial charge in [-0.15, -0.1) is 0 Å². The summed E-state index contributed by atoms with van der Waals surface area (Å²) in [6.45, 7) is 8.86. The molecule has 0 fully saturated rings. The highest BCUT2D eigenvalue weighted by molar-refractivity contribution is 5.27. The standard InChI is InChI=1S/C15H25NO/c1-4-8-16-11-14(12(2)3)9-13-6-5-7-15(17)10-13/h5-7,10,12,14,16-17H,4,8-9,11H2,1-3H3. The van der Waals surface area contributed by atoms with Crippen molar-refractivity contribution in [2.45, 2.75) is 33.6 Å². The number of hydrogen-bond donors (Lipinski definition) is 2. The molecule has 0 aliphatic rings. The van der Waals surface area contributed by atoms with E-state index >= 15 is 0 Å². The summed E-state index contributed by atoms with van der Waals surface area (Å²) in [5.74, 6) is 1.65. The van der Waals surface area contributed by atoms with Crippen molar-refractivity contribution in [3.63, 3.8) is 0 Å². The predicted molar refractivity (Wildman–Crippen MR) is 73.3 cm³/mol. The molecule has 17 heavy (non-hydrogen) atoms. The van der Waals surface area contributed by atoms with Crippen LogP contribution >= 0.6 is 0 Å². The van der Waals surface area contributed by atoms with E-state index in [9.17, 15) is 5.11 Å². The van der Waals surface area contributed by atoms with E-state index in [0.29, 0.717) is 17.6 Å². The lowest BCUT2D eigenvalue weighted by Gasteiger charge is -2.21. The lowest BCUT2D eigenvalue weighted by atomic mass is 9.89. The molecule has 0 heterocycles. The molecule has 1 aromatic rings. The highest BCUT2D eigenvalue weighted by Gasteiger charge is 2.13. The Balaban J connectivity index is 2.54. The maximum atomic E-state index is 9.46. The lowest BCUT2D eigenvalue weighted by Crippen LogP contribution is -2.28. The largest absolute Gasteiger partial charge is 0.508 e. The van der Waals surface area contributed by atoms with Gasteiger partial charge in [0.2, 0.25) is 0 Å². The topological polar surface area (TPSA) is 32.3 Å². The van der Waals surface area contributed by atoms with Crippen molar-refractivity contribution >= 4 is 0 Å². The maximum absolute atomic E-state index is 9.46. The Bertz CT molecular complexity index is 322. The molecule has 2 nitrogen and oxygen atoms in total. The highest BCUT2D eigenvalue weighted by Crippen LogP contribution is 2.19. The van der Waals surface area contributed by atoms with Crippen molar-refractivity contribution in [2.24, 2.45) is 11.8 Å². The Morgan fingerprint density at radius 3 is 2.65 bits per heavy atom. The fraction of sp³-hybridized carbons (Fsp3) is 0.600. The molecular formula is C15H25NO. The van der Waals surface area contributed by atoms with Gasteiger partial charge in [-0.2, -0.15) is 0 Å². The molecule has 0 spiro atoms. The second-order valence-corrected chi connectivity index (χ2v) is 5.08. The first-order chi connectivity index (χ1) is 8.13. The van der Waals surface area contributed by atoms with Crippen LogP contribution in [0.15, 0.2) is 24.3 Å². The number of phenols is 1. The van der Waals surface area contributed by atoms with E-state index in [-0.39, 0.29) is 0 Å². The Morgan fingerprint density at radius 1 is 1.29 bits per heavy atom. The Morgan fingerprint density at radius 2 is 2.06 bits per heavy atom. The molecule has 1 rings (SSSR count). The third-order valence-electron chi connectivity index (χ3n) is 3.18.